The summed E-state index contributed by atoms with van der Waals surface area (Å²) in [6.45, 7) is 4.21. The highest BCUT2D eigenvalue weighted by atomic mass is 16.3. The second kappa shape index (κ2) is 8.72. The lowest BCUT2D eigenvalue weighted by molar-refractivity contribution is -0.132. The molecule has 1 aromatic heterocycles. The quantitative estimate of drug-likeness (QED) is 0.903. The van der Waals surface area contributed by atoms with Crippen LogP contribution in [0.4, 0.5) is 0 Å². The summed E-state index contributed by atoms with van der Waals surface area (Å²) in [5.41, 5.74) is 0.974. The van der Waals surface area contributed by atoms with Gasteiger partial charge in [0.15, 0.2) is 0 Å². The van der Waals surface area contributed by atoms with E-state index in [2.05, 4.69) is 14.9 Å². The van der Waals surface area contributed by atoms with Gasteiger partial charge in [0.05, 0.1) is 6.10 Å². The number of carbonyl (C=O) groups is 1. The minimum Gasteiger partial charge on any atom is -0.391 e. The fraction of sp³-hybridized carbons (Fsp3) is 0.737. The summed E-state index contributed by atoms with van der Waals surface area (Å²) in [7, 11) is 0. The van der Waals surface area contributed by atoms with E-state index in [1.807, 2.05) is 4.90 Å². The van der Waals surface area contributed by atoms with Crippen LogP contribution in [0.1, 0.15) is 57.4 Å². The first kappa shape index (κ1) is 18.3. The summed E-state index contributed by atoms with van der Waals surface area (Å²) in [4.78, 5) is 24.8. The number of carbonyl (C=O) groups excluding carboxylic acids is 1. The fourth-order valence-corrected chi connectivity index (χ4v) is 4.37. The molecule has 0 aromatic carbocycles. The van der Waals surface area contributed by atoms with Crippen LogP contribution >= 0.6 is 0 Å². The molecule has 2 aliphatic rings. The third-order valence-corrected chi connectivity index (χ3v) is 5.71. The van der Waals surface area contributed by atoms with Gasteiger partial charge in [0.25, 0.3) is 0 Å². The van der Waals surface area contributed by atoms with Crippen LogP contribution in [0, 0.1) is 0 Å². The van der Waals surface area contributed by atoms with Crippen LogP contribution in [0.15, 0.2) is 18.7 Å². The van der Waals surface area contributed by atoms with Gasteiger partial charge >= 0.3 is 0 Å². The predicted octanol–water partition coefficient (Wildman–Crippen LogP) is 1.98. The molecule has 0 bridgehead atoms. The average molecular weight is 346 g/mol. The monoisotopic (exact) mass is 346 g/mol. The second-order valence-corrected chi connectivity index (χ2v) is 7.43. The van der Waals surface area contributed by atoms with Gasteiger partial charge < -0.3 is 10.0 Å². The zero-order chi connectivity index (χ0) is 17.6. The number of hydrogen-bond acceptors (Lipinski definition) is 5. The van der Waals surface area contributed by atoms with E-state index in [1.165, 1.54) is 12.7 Å². The summed E-state index contributed by atoms with van der Waals surface area (Å²) in [6, 6.07) is 0.559. The number of aliphatic hydroxyl groups is 1. The Hall–Kier alpha value is -1.53. The molecule has 1 saturated carbocycles. The molecular weight excluding hydrogens is 316 g/mol. The van der Waals surface area contributed by atoms with Crippen LogP contribution in [0.3, 0.4) is 0 Å². The second-order valence-electron chi connectivity index (χ2n) is 7.43. The molecule has 3 rings (SSSR count). The van der Waals surface area contributed by atoms with E-state index in [9.17, 15) is 9.90 Å². The van der Waals surface area contributed by atoms with E-state index in [-0.39, 0.29) is 18.1 Å². The molecule has 2 heterocycles. The average Bonchev–Trinajstić information content (AvgIpc) is 2.87. The van der Waals surface area contributed by atoms with Crippen LogP contribution < -0.4 is 0 Å². The Bertz CT molecular complexity index is 554. The van der Waals surface area contributed by atoms with Crippen molar-refractivity contribution in [3.8, 4) is 0 Å². The van der Waals surface area contributed by atoms with Crippen molar-refractivity contribution in [1.82, 2.24) is 19.8 Å². The maximum absolute atomic E-state index is 12.2. The largest absolute Gasteiger partial charge is 0.391 e. The summed E-state index contributed by atoms with van der Waals surface area (Å²) in [5.74, 6) is 0.111. The third kappa shape index (κ3) is 4.76. The highest BCUT2D eigenvalue weighted by Gasteiger charge is 2.32. The van der Waals surface area contributed by atoms with Gasteiger partial charge in [-0.15, -0.1) is 0 Å². The molecular formula is C19H30N4O2. The van der Waals surface area contributed by atoms with Gasteiger partial charge in [-0.25, -0.2) is 9.97 Å². The van der Waals surface area contributed by atoms with Gasteiger partial charge in [-0.3, -0.25) is 9.69 Å². The molecule has 1 saturated heterocycles. The molecule has 1 amide bonds. The SMILES string of the molecule is CC(=O)N(Cc1cncnc1)[C@@H]1CCCN([C@H]2CCCC[C@@H]2O)CC1. The molecule has 1 aromatic rings. The maximum Gasteiger partial charge on any atom is 0.219 e. The van der Waals surface area contributed by atoms with Crippen molar-refractivity contribution >= 4 is 5.91 Å². The zero-order valence-electron chi connectivity index (χ0n) is 15.2. The van der Waals surface area contributed by atoms with Crippen molar-refractivity contribution in [1.29, 1.82) is 0 Å². The van der Waals surface area contributed by atoms with E-state index in [4.69, 9.17) is 0 Å². The first-order chi connectivity index (χ1) is 12.1. The first-order valence-electron chi connectivity index (χ1n) is 9.58. The number of nitrogens with zero attached hydrogens (tertiary/aromatic N) is 4. The van der Waals surface area contributed by atoms with Gasteiger partial charge in [0.2, 0.25) is 5.91 Å². The maximum atomic E-state index is 12.2. The number of aliphatic hydroxyl groups excluding tert-OH is 1. The van der Waals surface area contributed by atoms with E-state index in [0.717, 1.165) is 57.2 Å². The summed E-state index contributed by atoms with van der Waals surface area (Å²) in [5, 5.41) is 10.4. The minimum atomic E-state index is -0.185. The number of rotatable bonds is 4. The molecule has 1 aliphatic heterocycles. The van der Waals surface area contributed by atoms with Gasteiger partial charge in [-0.2, -0.15) is 0 Å². The molecule has 25 heavy (non-hydrogen) atoms. The van der Waals surface area contributed by atoms with Crippen molar-refractivity contribution in [3.05, 3.63) is 24.3 Å². The predicted molar refractivity (Wildman–Crippen MR) is 95.7 cm³/mol. The van der Waals surface area contributed by atoms with Crippen LogP contribution in [0.25, 0.3) is 0 Å². The van der Waals surface area contributed by atoms with E-state index in [1.54, 1.807) is 19.3 Å². The van der Waals surface area contributed by atoms with Crippen LogP contribution in [-0.4, -0.2) is 62.1 Å². The van der Waals surface area contributed by atoms with Gasteiger partial charge in [0.1, 0.15) is 6.33 Å². The van der Waals surface area contributed by atoms with Crippen molar-refractivity contribution in [2.75, 3.05) is 13.1 Å². The lowest BCUT2D eigenvalue weighted by Gasteiger charge is -2.37. The summed E-state index contributed by atoms with van der Waals surface area (Å²) >= 11 is 0. The molecule has 1 N–H and O–H groups in total. The number of likely N-dealkylation sites (tertiary alicyclic amines) is 1. The van der Waals surface area contributed by atoms with Gasteiger partial charge in [-0.05, 0) is 38.6 Å². The Kier molecular flexibility index (Phi) is 6.37. The molecule has 6 heteroatoms. The Labute approximate surface area is 150 Å². The molecule has 1 aliphatic carbocycles. The smallest absolute Gasteiger partial charge is 0.219 e. The lowest BCUT2D eigenvalue weighted by Crippen LogP contribution is -2.46. The Morgan fingerprint density at radius 1 is 1.16 bits per heavy atom. The highest BCUT2D eigenvalue weighted by Crippen LogP contribution is 2.27. The van der Waals surface area contributed by atoms with Crippen LogP contribution in [-0.2, 0) is 11.3 Å². The third-order valence-electron chi connectivity index (χ3n) is 5.71. The van der Waals surface area contributed by atoms with Gasteiger partial charge in [0, 0.05) is 50.1 Å². The van der Waals surface area contributed by atoms with Crippen molar-refractivity contribution in [2.45, 2.75) is 76.6 Å². The van der Waals surface area contributed by atoms with E-state index < -0.39 is 0 Å². The first-order valence-corrected chi connectivity index (χ1v) is 9.58. The topological polar surface area (TPSA) is 69.6 Å². The van der Waals surface area contributed by atoms with Crippen LogP contribution in [0.2, 0.25) is 0 Å². The van der Waals surface area contributed by atoms with Crippen LogP contribution in [0.5, 0.6) is 0 Å². The zero-order valence-corrected chi connectivity index (χ0v) is 15.2. The summed E-state index contributed by atoms with van der Waals surface area (Å²) < 4.78 is 0. The molecule has 0 spiro atoms. The Balaban J connectivity index is 1.62. The van der Waals surface area contributed by atoms with Crippen molar-refractivity contribution < 1.29 is 9.90 Å². The summed E-state index contributed by atoms with van der Waals surface area (Å²) in [6.07, 6.45) is 12.3. The fourth-order valence-electron chi connectivity index (χ4n) is 4.37. The van der Waals surface area contributed by atoms with Gasteiger partial charge in [-0.1, -0.05) is 12.8 Å². The lowest BCUT2D eigenvalue weighted by atomic mass is 9.91. The number of amides is 1. The normalized spacial score (nSPS) is 28.3. The molecule has 0 unspecified atom stereocenters. The standard InChI is InChI=1S/C19H30N4O2/c1-15(24)23(13-16-11-20-14-21-12-16)17-5-4-9-22(10-8-17)18-6-2-3-7-19(18)25/h11-12,14,17-19,25H,2-10,13H2,1H3/t17-,18+,19+/m1/s1. The van der Waals surface area contributed by atoms with E-state index in [0.29, 0.717) is 12.6 Å². The molecule has 138 valence electrons. The highest BCUT2D eigenvalue weighted by molar-refractivity contribution is 5.73. The number of aromatic nitrogens is 2. The molecule has 6 nitrogen and oxygen atoms in total. The Morgan fingerprint density at radius 2 is 1.92 bits per heavy atom. The molecule has 3 atom stereocenters. The van der Waals surface area contributed by atoms with E-state index >= 15 is 0 Å². The van der Waals surface area contributed by atoms with Crippen molar-refractivity contribution in [2.24, 2.45) is 0 Å². The number of hydrogen-bond donors (Lipinski definition) is 1. The molecule has 0 radical (unpaired) electrons. The molecule has 2 fully saturated rings. The Morgan fingerprint density at radius 3 is 2.64 bits per heavy atom. The minimum absolute atomic E-state index is 0.111. The van der Waals surface area contributed by atoms with Crippen molar-refractivity contribution in [3.63, 3.8) is 0 Å².